The normalized spacial score (nSPS) is 11.2. The van der Waals surface area contributed by atoms with Crippen LogP contribution < -0.4 is 9.47 Å². The van der Waals surface area contributed by atoms with E-state index in [1.54, 1.807) is 14.2 Å². The second-order valence-electron chi connectivity index (χ2n) is 5.89. The summed E-state index contributed by atoms with van der Waals surface area (Å²) in [5.74, 6) is 1.63. The first-order chi connectivity index (χ1) is 9.45. The van der Waals surface area contributed by atoms with Gasteiger partial charge in [0.15, 0.2) is 0 Å². The fourth-order valence-corrected chi connectivity index (χ4v) is 2.19. The third-order valence-corrected chi connectivity index (χ3v) is 3.47. The summed E-state index contributed by atoms with van der Waals surface area (Å²) < 4.78 is 10.7. The second-order valence-corrected chi connectivity index (χ2v) is 5.89. The number of hydrogen-bond acceptors (Lipinski definition) is 2. The van der Waals surface area contributed by atoms with Crippen molar-refractivity contribution in [2.75, 3.05) is 14.2 Å². The summed E-state index contributed by atoms with van der Waals surface area (Å²) in [5.41, 5.74) is 3.72. The zero-order valence-electron chi connectivity index (χ0n) is 12.9. The lowest BCUT2D eigenvalue weighted by Crippen LogP contribution is -2.10. The summed E-state index contributed by atoms with van der Waals surface area (Å²) in [6, 6.07) is 14.5. The Balaban J connectivity index is 2.41. The van der Waals surface area contributed by atoms with Crippen molar-refractivity contribution in [3.05, 3.63) is 48.0 Å². The fourth-order valence-electron chi connectivity index (χ4n) is 2.19. The number of rotatable bonds is 3. The van der Waals surface area contributed by atoms with Gasteiger partial charge in [0.1, 0.15) is 11.5 Å². The second kappa shape index (κ2) is 5.58. The number of ether oxygens (including phenoxy) is 2. The molecule has 0 radical (unpaired) electrons. The van der Waals surface area contributed by atoms with E-state index in [2.05, 4.69) is 45.0 Å². The van der Waals surface area contributed by atoms with Crippen LogP contribution in [0.3, 0.4) is 0 Å². The minimum absolute atomic E-state index is 0.169. The summed E-state index contributed by atoms with van der Waals surface area (Å²) in [4.78, 5) is 0. The van der Waals surface area contributed by atoms with Gasteiger partial charge in [-0.15, -0.1) is 0 Å². The van der Waals surface area contributed by atoms with Crippen LogP contribution in [0.25, 0.3) is 11.1 Å². The first-order valence-corrected chi connectivity index (χ1v) is 6.78. The maximum Gasteiger partial charge on any atom is 0.130 e. The van der Waals surface area contributed by atoms with Gasteiger partial charge >= 0.3 is 0 Å². The van der Waals surface area contributed by atoms with E-state index in [0.29, 0.717) is 0 Å². The molecule has 0 amide bonds. The molecule has 0 unspecified atom stereocenters. The molecule has 0 bridgehead atoms. The Morgan fingerprint density at radius 1 is 0.800 bits per heavy atom. The van der Waals surface area contributed by atoms with Gasteiger partial charge in [0, 0.05) is 11.6 Å². The first kappa shape index (κ1) is 14.4. The molecule has 2 heteroatoms. The molecule has 0 aliphatic heterocycles. The largest absolute Gasteiger partial charge is 0.497 e. The lowest BCUT2D eigenvalue weighted by atomic mass is 9.86. The summed E-state index contributed by atoms with van der Waals surface area (Å²) >= 11 is 0. The number of methoxy groups -OCH3 is 2. The van der Waals surface area contributed by atoms with Crippen molar-refractivity contribution in [3.8, 4) is 22.6 Å². The van der Waals surface area contributed by atoms with E-state index in [9.17, 15) is 0 Å². The molecule has 2 aromatic carbocycles. The van der Waals surface area contributed by atoms with Crippen molar-refractivity contribution in [3.63, 3.8) is 0 Å². The maximum atomic E-state index is 5.46. The zero-order chi connectivity index (χ0) is 14.8. The van der Waals surface area contributed by atoms with Gasteiger partial charge in [0.2, 0.25) is 0 Å². The highest BCUT2D eigenvalue weighted by molar-refractivity contribution is 5.71. The van der Waals surface area contributed by atoms with Crippen LogP contribution in [0.15, 0.2) is 42.5 Å². The Morgan fingerprint density at radius 3 is 1.95 bits per heavy atom. The maximum absolute atomic E-state index is 5.46. The lowest BCUT2D eigenvalue weighted by Gasteiger charge is -2.19. The minimum atomic E-state index is 0.169. The van der Waals surface area contributed by atoms with Gasteiger partial charge in [0.25, 0.3) is 0 Å². The van der Waals surface area contributed by atoms with E-state index >= 15 is 0 Å². The van der Waals surface area contributed by atoms with Crippen LogP contribution in [-0.2, 0) is 5.41 Å². The van der Waals surface area contributed by atoms with Crippen LogP contribution in [0.2, 0.25) is 0 Å². The molecule has 0 saturated carbocycles. The molecule has 0 N–H and O–H groups in total. The first-order valence-electron chi connectivity index (χ1n) is 6.78. The molecule has 0 aromatic heterocycles. The zero-order valence-corrected chi connectivity index (χ0v) is 12.9. The molecule has 0 atom stereocenters. The van der Waals surface area contributed by atoms with Crippen molar-refractivity contribution in [2.24, 2.45) is 0 Å². The minimum Gasteiger partial charge on any atom is -0.497 e. The highest BCUT2D eigenvalue weighted by atomic mass is 16.5. The lowest BCUT2D eigenvalue weighted by molar-refractivity contribution is 0.395. The molecular formula is C18H22O2. The molecule has 0 aliphatic carbocycles. The van der Waals surface area contributed by atoms with Crippen LogP contribution in [0, 0.1) is 0 Å². The van der Waals surface area contributed by atoms with Gasteiger partial charge in [-0.25, -0.2) is 0 Å². The number of hydrogen-bond donors (Lipinski definition) is 0. The summed E-state index contributed by atoms with van der Waals surface area (Å²) in [6.45, 7) is 6.65. The third kappa shape index (κ3) is 2.96. The molecule has 0 heterocycles. The van der Waals surface area contributed by atoms with Crippen molar-refractivity contribution >= 4 is 0 Å². The van der Waals surface area contributed by atoms with E-state index < -0.39 is 0 Å². The van der Waals surface area contributed by atoms with Gasteiger partial charge < -0.3 is 9.47 Å². The molecule has 2 aromatic rings. The fraction of sp³-hybridized carbons (Fsp3) is 0.333. The Bertz CT molecular complexity index is 577. The van der Waals surface area contributed by atoms with Gasteiger partial charge in [-0.1, -0.05) is 45.0 Å². The van der Waals surface area contributed by atoms with E-state index in [0.717, 1.165) is 22.6 Å². The van der Waals surface area contributed by atoms with E-state index in [-0.39, 0.29) is 5.41 Å². The third-order valence-electron chi connectivity index (χ3n) is 3.47. The average molecular weight is 270 g/mol. The van der Waals surface area contributed by atoms with Crippen LogP contribution in [0.4, 0.5) is 0 Å². The highest BCUT2D eigenvalue weighted by Gasteiger charge is 2.14. The van der Waals surface area contributed by atoms with Crippen LogP contribution in [-0.4, -0.2) is 14.2 Å². The molecule has 20 heavy (non-hydrogen) atoms. The van der Waals surface area contributed by atoms with Crippen molar-refractivity contribution in [1.29, 1.82) is 0 Å². The Morgan fingerprint density at radius 2 is 1.45 bits per heavy atom. The van der Waals surface area contributed by atoms with Gasteiger partial charge in [-0.3, -0.25) is 0 Å². The van der Waals surface area contributed by atoms with Crippen LogP contribution in [0.1, 0.15) is 26.3 Å². The van der Waals surface area contributed by atoms with E-state index in [1.807, 2.05) is 18.2 Å². The number of benzene rings is 2. The monoisotopic (exact) mass is 270 g/mol. The molecule has 2 nitrogen and oxygen atoms in total. The smallest absolute Gasteiger partial charge is 0.130 e. The SMILES string of the molecule is COc1ccc(-c2ccc(C(C)(C)C)cc2)c(OC)c1. The average Bonchev–Trinajstić information content (AvgIpc) is 2.45. The molecule has 0 aliphatic rings. The van der Waals surface area contributed by atoms with E-state index in [4.69, 9.17) is 9.47 Å². The van der Waals surface area contributed by atoms with Gasteiger partial charge in [-0.05, 0) is 28.7 Å². The highest BCUT2D eigenvalue weighted by Crippen LogP contribution is 2.34. The molecule has 106 valence electrons. The summed E-state index contributed by atoms with van der Waals surface area (Å²) in [5, 5.41) is 0. The predicted octanol–water partition coefficient (Wildman–Crippen LogP) is 4.67. The van der Waals surface area contributed by atoms with Crippen molar-refractivity contribution < 1.29 is 9.47 Å². The standard InChI is InChI=1S/C18H22O2/c1-18(2,3)14-8-6-13(7-9-14)16-11-10-15(19-4)12-17(16)20-5/h6-12H,1-5H3. The van der Waals surface area contributed by atoms with Gasteiger partial charge in [-0.2, -0.15) is 0 Å². The molecular weight excluding hydrogens is 248 g/mol. The Hall–Kier alpha value is -1.96. The summed E-state index contributed by atoms with van der Waals surface area (Å²) in [6.07, 6.45) is 0. The molecule has 0 spiro atoms. The van der Waals surface area contributed by atoms with Crippen molar-refractivity contribution in [1.82, 2.24) is 0 Å². The topological polar surface area (TPSA) is 18.5 Å². The van der Waals surface area contributed by atoms with Crippen LogP contribution in [0.5, 0.6) is 11.5 Å². The van der Waals surface area contributed by atoms with Crippen molar-refractivity contribution in [2.45, 2.75) is 26.2 Å². The van der Waals surface area contributed by atoms with Gasteiger partial charge in [0.05, 0.1) is 14.2 Å². The Kier molecular flexibility index (Phi) is 4.03. The molecule has 2 rings (SSSR count). The molecule has 0 saturated heterocycles. The predicted molar refractivity (Wildman–Crippen MR) is 83.7 cm³/mol. The summed E-state index contributed by atoms with van der Waals surface area (Å²) in [7, 11) is 3.34. The van der Waals surface area contributed by atoms with E-state index in [1.165, 1.54) is 5.56 Å². The van der Waals surface area contributed by atoms with Crippen LogP contribution >= 0.6 is 0 Å². The quantitative estimate of drug-likeness (QED) is 0.807. The Labute approximate surface area is 121 Å². The molecule has 0 fully saturated rings.